The summed E-state index contributed by atoms with van der Waals surface area (Å²) in [6, 6.07) is 7.72. The summed E-state index contributed by atoms with van der Waals surface area (Å²) >= 11 is 3.32. The molecule has 0 aliphatic heterocycles. The Bertz CT molecular complexity index is 873. The highest BCUT2D eigenvalue weighted by molar-refractivity contribution is 9.10. The van der Waals surface area contributed by atoms with E-state index in [1.807, 2.05) is 19.9 Å². The zero-order chi connectivity index (χ0) is 21.4. The van der Waals surface area contributed by atoms with Crippen LogP contribution in [0.15, 0.2) is 58.8 Å². The maximum absolute atomic E-state index is 14.5. The van der Waals surface area contributed by atoms with Gasteiger partial charge in [0.1, 0.15) is 18.1 Å². The van der Waals surface area contributed by atoms with E-state index in [2.05, 4.69) is 32.6 Å². The molecule has 1 heterocycles. The maximum Gasteiger partial charge on any atom is 0.256 e. The zero-order valence-corrected chi connectivity index (χ0v) is 18.3. The summed E-state index contributed by atoms with van der Waals surface area (Å²) in [5.41, 5.74) is 0.334. The number of halogens is 2. The van der Waals surface area contributed by atoms with Gasteiger partial charge < -0.3 is 9.64 Å². The van der Waals surface area contributed by atoms with Gasteiger partial charge in [0.2, 0.25) is 5.88 Å². The molecule has 1 amide bonds. The van der Waals surface area contributed by atoms with Gasteiger partial charge in [-0.1, -0.05) is 12.6 Å². The number of allylic oxidation sites excluding steroid dienone is 1. The second-order valence-corrected chi connectivity index (χ2v) is 7.14. The molecule has 0 aliphatic carbocycles. The number of hydrogen-bond donors (Lipinski definition) is 0. The van der Waals surface area contributed by atoms with Crippen molar-refractivity contribution in [2.75, 3.05) is 25.2 Å². The number of amides is 1. The number of carbonyl (C=O) groups is 1. The van der Waals surface area contributed by atoms with Crippen molar-refractivity contribution in [2.24, 2.45) is 5.10 Å². The Morgan fingerprint density at radius 3 is 2.79 bits per heavy atom. The third-order valence-corrected chi connectivity index (χ3v) is 4.66. The number of ether oxygens (including phenoxy) is 1. The Hall–Kier alpha value is -2.74. The molecule has 0 fully saturated rings. The molecule has 1 atom stereocenters. The molecule has 0 N–H and O–H groups in total. The van der Waals surface area contributed by atoms with E-state index in [0.717, 1.165) is 4.47 Å². The summed E-state index contributed by atoms with van der Waals surface area (Å²) in [7, 11) is 1.58. The lowest BCUT2D eigenvalue weighted by Crippen LogP contribution is -2.42. The van der Waals surface area contributed by atoms with Gasteiger partial charge in [0, 0.05) is 36.5 Å². The normalized spacial score (nSPS) is 11.9. The number of hydrogen-bond acceptors (Lipinski definition) is 5. The summed E-state index contributed by atoms with van der Waals surface area (Å²) in [6.07, 6.45) is 4.55. The zero-order valence-electron chi connectivity index (χ0n) is 16.7. The molecule has 154 valence electrons. The molecule has 8 heteroatoms. The van der Waals surface area contributed by atoms with Crippen LogP contribution in [0.2, 0.25) is 0 Å². The lowest BCUT2D eigenvalue weighted by atomic mass is 10.1. The topological polar surface area (TPSA) is 58.0 Å². The third kappa shape index (κ3) is 5.87. The molecule has 0 saturated heterocycles. The summed E-state index contributed by atoms with van der Waals surface area (Å²) in [5, 5.41) is 5.40. The van der Waals surface area contributed by atoms with Crippen LogP contribution in [-0.4, -0.2) is 48.2 Å². The minimum absolute atomic E-state index is 0.108. The first-order valence-electron chi connectivity index (χ1n) is 9.11. The van der Waals surface area contributed by atoms with E-state index in [1.54, 1.807) is 30.3 Å². The van der Waals surface area contributed by atoms with Crippen LogP contribution in [0.25, 0.3) is 0 Å². The molecule has 0 bridgehead atoms. The summed E-state index contributed by atoms with van der Waals surface area (Å²) in [6.45, 7) is 7.98. The van der Waals surface area contributed by atoms with Gasteiger partial charge in [0.05, 0.1) is 11.6 Å². The minimum Gasteiger partial charge on any atom is -0.475 e. The Morgan fingerprint density at radius 1 is 1.41 bits per heavy atom. The second-order valence-electron chi connectivity index (χ2n) is 6.23. The van der Waals surface area contributed by atoms with Crippen LogP contribution in [0.5, 0.6) is 5.88 Å². The molecule has 2 rings (SSSR count). The number of hydrazone groups is 1. The lowest BCUT2D eigenvalue weighted by molar-refractivity contribution is 0.0646. The fraction of sp³-hybridized carbons (Fsp3) is 0.286. The quantitative estimate of drug-likeness (QED) is 0.405. The van der Waals surface area contributed by atoms with Crippen LogP contribution < -0.4 is 9.75 Å². The number of anilines is 1. The number of carbonyl (C=O) groups excluding carboxylic acids is 1. The van der Waals surface area contributed by atoms with E-state index in [1.165, 1.54) is 29.4 Å². The van der Waals surface area contributed by atoms with Crippen LogP contribution in [0, 0.1) is 5.82 Å². The van der Waals surface area contributed by atoms with Crippen molar-refractivity contribution in [3.63, 3.8) is 0 Å². The molecule has 0 saturated carbocycles. The Morgan fingerprint density at radius 2 is 2.17 bits per heavy atom. The maximum atomic E-state index is 14.5. The highest BCUT2D eigenvalue weighted by Gasteiger charge is 2.25. The SMILES string of the molecule is C=C/C=N\N(C)c1c(F)cccc1C(=O)N(CC)C(C)COc1ccc(Br)cn1. The van der Waals surface area contributed by atoms with Gasteiger partial charge in [-0.3, -0.25) is 9.80 Å². The van der Waals surface area contributed by atoms with Crippen LogP contribution in [-0.2, 0) is 0 Å². The van der Waals surface area contributed by atoms with E-state index in [-0.39, 0.29) is 29.8 Å². The van der Waals surface area contributed by atoms with Gasteiger partial charge in [-0.25, -0.2) is 9.37 Å². The molecular formula is C21H24BrFN4O2. The average molecular weight is 463 g/mol. The van der Waals surface area contributed by atoms with Gasteiger partial charge in [0.25, 0.3) is 5.91 Å². The number of para-hydroxylation sites is 1. The van der Waals surface area contributed by atoms with Crippen molar-refractivity contribution >= 4 is 33.7 Å². The average Bonchev–Trinajstić information content (AvgIpc) is 2.71. The van der Waals surface area contributed by atoms with Crippen molar-refractivity contribution in [2.45, 2.75) is 19.9 Å². The van der Waals surface area contributed by atoms with Crippen molar-refractivity contribution in [1.29, 1.82) is 0 Å². The van der Waals surface area contributed by atoms with Crippen LogP contribution in [0.4, 0.5) is 10.1 Å². The monoisotopic (exact) mass is 462 g/mol. The molecule has 0 radical (unpaired) electrons. The molecule has 29 heavy (non-hydrogen) atoms. The smallest absolute Gasteiger partial charge is 0.256 e. The van der Waals surface area contributed by atoms with E-state index < -0.39 is 5.82 Å². The molecule has 2 aromatic rings. The first kappa shape index (κ1) is 22.5. The molecule has 6 nitrogen and oxygen atoms in total. The highest BCUT2D eigenvalue weighted by atomic mass is 79.9. The number of rotatable bonds is 9. The van der Waals surface area contributed by atoms with Crippen molar-refractivity contribution in [3.8, 4) is 5.88 Å². The van der Waals surface area contributed by atoms with Gasteiger partial charge in [0.15, 0.2) is 0 Å². The standard InChI is InChI=1S/C21H24BrFN4O2/c1-5-12-25-26(4)20-17(8-7-9-18(20)23)21(28)27(6-2)15(3)14-29-19-11-10-16(22)13-24-19/h5,7-13,15H,1,6,14H2,2-4H3/b25-12-. The van der Waals surface area contributed by atoms with Gasteiger partial charge in [-0.15, -0.1) is 0 Å². The summed E-state index contributed by atoms with van der Waals surface area (Å²) in [4.78, 5) is 19.0. The van der Waals surface area contributed by atoms with Crippen LogP contribution >= 0.6 is 15.9 Å². The fourth-order valence-electron chi connectivity index (χ4n) is 2.78. The predicted molar refractivity (Wildman–Crippen MR) is 117 cm³/mol. The highest BCUT2D eigenvalue weighted by Crippen LogP contribution is 2.26. The predicted octanol–water partition coefficient (Wildman–Crippen LogP) is 4.52. The van der Waals surface area contributed by atoms with E-state index >= 15 is 0 Å². The third-order valence-electron chi connectivity index (χ3n) is 4.19. The summed E-state index contributed by atoms with van der Waals surface area (Å²) in [5.74, 6) is -0.366. The van der Waals surface area contributed by atoms with Crippen molar-refractivity contribution in [1.82, 2.24) is 9.88 Å². The number of aromatic nitrogens is 1. The Labute approximate surface area is 178 Å². The number of benzene rings is 1. The van der Waals surface area contributed by atoms with E-state index in [9.17, 15) is 9.18 Å². The molecular weight excluding hydrogens is 439 g/mol. The first-order chi connectivity index (χ1) is 13.9. The Kier molecular flexibility index (Phi) is 8.33. The second kappa shape index (κ2) is 10.7. The molecule has 1 aromatic carbocycles. The summed E-state index contributed by atoms with van der Waals surface area (Å²) < 4.78 is 21.1. The van der Waals surface area contributed by atoms with E-state index in [4.69, 9.17) is 4.74 Å². The fourth-order valence-corrected chi connectivity index (χ4v) is 3.01. The molecule has 0 aliphatic rings. The molecule has 1 unspecified atom stereocenters. The first-order valence-corrected chi connectivity index (χ1v) is 9.90. The van der Waals surface area contributed by atoms with Crippen LogP contribution in [0.1, 0.15) is 24.2 Å². The van der Waals surface area contributed by atoms with E-state index in [0.29, 0.717) is 12.4 Å². The van der Waals surface area contributed by atoms with Crippen LogP contribution in [0.3, 0.4) is 0 Å². The largest absolute Gasteiger partial charge is 0.475 e. The Balaban J connectivity index is 2.21. The molecule has 0 spiro atoms. The van der Waals surface area contributed by atoms with Gasteiger partial charge in [-0.05, 0) is 54.1 Å². The van der Waals surface area contributed by atoms with Crippen molar-refractivity contribution < 1.29 is 13.9 Å². The van der Waals surface area contributed by atoms with Gasteiger partial charge in [-0.2, -0.15) is 5.10 Å². The number of nitrogens with zero attached hydrogens (tertiary/aromatic N) is 4. The van der Waals surface area contributed by atoms with Gasteiger partial charge >= 0.3 is 0 Å². The number of pyridine rings is 1. The molecule has 1 aromatic heterocycles. The van der Waals surface area contributed by atoms with Crippen molar-refractivity contribution in [3.05, 3.63) is 65.0 Å². The minimum atomic E-state index is -0.529. The lowest BCUT2D eigenvalue weighted by Gasteiger charge is -2.29. The number of likely N-dealkylation sites (N-methyl/N-ethyl adjacent to an activating group) is 1.